The van der Waals surface area contributed by atoms with E-state index < -0.39 is 74.3 Å². The number of benzene rings is 10. The van der Waals surface area contributed by atoms with Crippen molar-refractivity contribution in [2.45, 2.75) is 214 Å². The fourth-order valence-corrected chi connectivity index (χ4v) is 14.6. The number of rotatable bonds is 14. The summed E-state index contributed by atoms with van der Waals surface area (Å²) in [6, 6.07) is 70.1. The zero-order chi connectivity index (χ0) is 102. The highest BCUT2D eigenvalue weighted by molar-refractivity contribution is 7.92. The first kappa shape index (κ1) is 126. The van der Waals surface area contributed by atoms with Crippen LogP contribution in [0.3, 0.4) is 0 Å². The maximum Gasteiger partial charge on any atom is 0.316 e. The summed E-state index contributed by atoms with van der Waals surface area (Å²) in [7, 11) is -19.3. The second-order valence-corrected chi connectivity index (χ2v) is 50.6. The van der Waals surface area contributed by atoms with E-state index >= 15 is 0 Å². The van der Waals surface area contributed by atoms with Crippen molar-refractivity contribution < 1.29 is 87.6 Å². The lowest BCUT2D eigenvalue weighted by atomic mass is 9.86. The topological polar surface area (TPSA) is 329 Å². The molecule has 0 amide bonds. The van der Waals surface area contributed by atoms with Gasteiger partial charge < -0.3 is 14.4 Å². The van der Waals surface area contributed by atoms with E-state index in [1.54, 1.807) is 185 Å². The molecule has 28 heteroatoms. The van der Waals surface area contributed by atoms with Crippen molar-refractivity contribution in [3.63, 3.8) is 0 Å². The summed E-state index contributed by atoms with van der Waals surface area (Å²) >= 11 is 0. The number of nitrogens with zero attached hydrogens (tertiary/aromatic N) is 1. The molecule has 0 fully saturated rings. The van der Waals surface area contributed by atoms with E-state index in [2.05, 4.69) is 49.4 Å². The Morgan fingerprint density at radius 2 is 0.560 bits per heavy atom. The van der Waals surface area contributed by atoms with Crippen molar-refractivity contribution in [3.05, 3.63) is 316 Å². The van der Waals surface area contributed by atoms with Crippen molar-refractivity contribution in [3.8, 4) is 5.75 Å². The third-order valence-corrected chi connectivity index (χ3v) is 26.7. The fourth-order valence-electron chi connectivity index (χ4n) is 10.2. The van der Waals surface area contributed by atoms with E-state index in [1.807, 2.05) is 171 Å². The first-order valence-electron chi connectivity index (χ1n) is 42.1. The van der Waals surface area contributed by atoms with Gasteiger partial charge in [0.25, 0.3) is 0 Å². The third-order valence-electron chi connectivity index (χ3n) is 18.9. The number of carbonyl (C=O) groups is 4. The number of hydrogen-bond acceptors (Lipinski definition) is 21. The highest BCUT2D eigenvalue weighted by Crippen LogP contribution is 2.33. The molecule has 10 aromatic carbocycles. The first-order valence-corrected chi connectivity index (χ1v) is 55.3. The summed E-state index contributed by atoms with van der Waals surface area (Å²) in [5, 5.41) is 0. The van der Waals surface area contributed by atoms with Gasteiger partial charge >= 0.3 is 5.97 Å². The standard InChI is InChI=1S/C14H20O.C13H18O.C12H16O.C10H13NO3S.6C8H10O2S.C7H12O2.2CH4/c1-11-5-7-12(8-6-11)9-10-13(15)14(2,3)4;1-10-5-7-11(8-6-10)9-12(14)13(2,3)4;1-9-5-7-10(8-6-9)11(13)12(2,3)4;1-11-5-6-14-10-7-8(15(2,12)13)3-4-9(10)11;6*1-7-3-5-8(6-4-7)11(2,9)10;1-5-9-6(8)7(2,3)4;;/h5-8H,9-10H2,1-4H3;5-8H,9H2,1-4H3;5-8H,1-4H3;3-4,7H,5-6H2,1-2H3;6*3-6H,1-2H3;5H,1H2,2-4H3;2*1H4. The summed E-state index contributed by atoms with van der Waals surface area (Å²) in [5.41, 5.74) is 13.0. The lowest BCUT2D eigenvalue weighted by molar-refractivity contribution is -0.146. The molecule has 10 aromatic rings. The van der Waals surface area contributed by atoms with Crippen molar-refractivity contribution in [1.82, 2.24) is 0 Å². The van der Waals surface area contributed by atoms with E-state index in [0.29, 0.717) is 71.0 Å². The lowest BCUT2D eigenvalue weighted by Gasteiger charge is -2.27. The van der Waals surface area contributed by atoms with E-state index in [1.165, 1.54) is 66.0 Å². The van der Waals surface area contributed by atoms with E-state index in [-0.39, 0.29) is 42.9 Å². The van der Waals surface area contributed by atoms with Crippen LogP contribution in [0, 0.1) is 84.0 Å². The quantitative estimate of drug-likeness (QED) is 0.0554. The SMILES string of the molecule is C.C.C=COC(=O)C(C)(C)C.CN1CCOc2cc(S(C)(=O)=O)ccc21.Cc1ccc(C(=O)C(C)(C)C)cc1.Cc1ccc(CC(=O)C(C)(C)C)cc1.Cc1ccc(CCC(=O)C(C)(C)C)cc1.Cc1ccc(S(C)(=O)=O)cc1.Cc1ccc(S(C)(=O)=O)cc1.Cc1ccc(S(C)(=O)=O)cc1.Cc1ccc(S(C)(=O)=O)cc1.Cc1ccc(S(C)(=O)=O)cc1.Cc1ccc(S(C)(=O)=O)cc1. The van der Waals surface area contributed by atoms with Gasteiger partial charge in [0, 0.05) is 91.6 Å². The summed E-state index contributed by atoms with van der Waals surface area (Å²) in [4.78, 5) is 50.6. The average Bonchev–Trinajstić information content (AvgIpc) is 0.803. The van der Waals surface area contributed by atoms with Crippen molar-refractivity contribution in [1.29, 1.82) is 0 Å². The van der Waals surface area contributed by atoms with Gasteiger partial charge in [-0.15, -0.1) is 0 Å². The Balaban J connectivity index is 0. The van der Waals surface area contributed by atoms with Crippen LogP contribution in [-0.2, 0) is 101 Å². The Morgan fingerprint density at radius 3 is 0.776 bits per heavy atom. The maximum absolute atomic E-state index is 11.8. The van der Waals surface area contributed by atoms with Crippen LogP contribution in [-0.4, -0.2) is 146 Å². The maximum atomic E-state index is 11.8. The number of ketones is 3. The van der Waals surface area contributed by atoms with Crippen LogP contribution < -0.4 is 9.64 Å². The van der Waals surface area contributed by atoms with Crippen LogP contribution in [0.4, 0.5) is 5.69 Å². The molecular formula is C106H147NO20S7. The molecule has 21 nitrogen and oxygen atoms in total. The number of ether oxygens (including phenoxy) is 2. The first-order chi connectivity index (χ1) is 60.2. The monoisotopic (exact) mass is 1980 g/mol. The number of aryl methyl sites for hydroxylation is 10. The van der Waals surface area contributed by atoms with Gasteiger partial charge in [-0.1, -0.05) is 279 Å². The summed E-state index contributed by atoms with van der Waals surface area (Å²) in [6.45, 7) is 45.4. The molecule has 0 spiro atoms. The highest BCUT2D eigenvalue weighted by atomic mass is 32.2. The van der Waals surface area contributed by atoms with Gasteiger partial charge in [-0.2, -0.15) is 0 Å². The smallest absolute Gasteiger partial charge is 0.316 e. The lowest BCUT2D eigenvalue weighted by Crippen LogP contribution is -2.28. The Bertz CT molecular complexity index is 5640. The molecular weight excluding hydrogens is 1830 g/mol. The molecule has 738 valence electrons. The predicted molar refractivity (Wildman–Crippen MR) is 552 cm³/mol. The van der Waals surface area contributed by atoms with Crippen molar-refractivity contribution in [2.24, 2.45) is 21.7 Å². The molecule has 0 unspecified atom stereocenters. The minimum absolute atomic E-state index is 0. The Kier molecular flexibility index (Phi) is 52.2. The number of hydrogen-bond donors (Lipinski definition) is 0. The van der Waals surface area contributed by atoms with Crippen molar-refractivity contribution in [2.75, 3.05) is 68.9 Å². The molecule has 0 bridgehead atoms. The molecule has 0 aromatic heterocycles. The molecule has 1 aliphatic rings. The summed E-state index contributed by atoms with van der Waals surface area (Å²) in [6.07, 6.45) is 11.6. The second kappa shape index (κ2) is 55.6. The third kappa shape index (κ3) is 52.0. The van der Waals surface area contributed by atoms with Crippen molar-refractivity contribution >= 4 is 97.9 Å². The minimum Gasteiger partial charge on any atom is -0.490 e. The zero-order valence-electron chi connectivity index (χ0n) is 82.3. The number of likely N-dealkylation sites (N-methyl/N-ethyl adjacent to an activating group) is 1. The molecule has 0 saturated carbocycles. The Morgan fingerprint density at radius 1 is 0.328 bits per heavy atom. The predicted octanol–water partition coefficient (Wildman–Crippen LogP) is 22.2. The molecule has 0 aliphatic carbocycles. The van der Waals surface area contributed by atoms with Crippen LogP contribution in [0.5, 0.6) is 5.75 Å². The number of esters is 1. The van der Waals surface area contributed by atoms with Gasteiger partial charge in [0.15, 0.2) is 74.6 Å². The van der Waals surface area contributed by atoms with Crippen LogP contribution in [0.15, 0.2) is 284 Å². The molecule has 134 heavy (non-hydrogen) atoms. The largest absolute Gasteiger partial charge is 0.490 e. The van der Waals surface area contributed by atoms with Gasteiger partial charge in [0.05, 0.1) is 58.2 Å². The van der Waals surface area contributed by atoms with Gasteiger partial charge in [-0.25, -0.2) is 58.9 Å². The molecule has 0 atom stereocenters. The number of Topliss-reactive ketones (excluding diaryl/α,β-unsaturated/α-hetero) is 3. The number of carbonyl (C=O) groups excluding carboxylic acids is 4. The van der Waals surface area contributed by atoms with Gasteiger partial charge in [-0.3, -0.25) is 19.2 Å². The molecule has 1 aliphatic heterocycles. The summed E-state index contributed by atoms with van der Waals surface area (Å²) in [5.74, 6) is 1.22. The highest BCUT2D eigenvalue weighted by Gasteiger charge is 2.25. The van der Waals surface area contributed by atoms with E-state index in [0.717, 1.165) is 69.4 Å². The van der Waals surface area contributed by atoms with Crippen LogP contribution >= 0.6 is 0 Å². The number of fused-ring (bicyclic) bond motifs is 1. The van der Waals surface area contributed by atoms with E-state index in [9.17, 15) is 78.1 Å². The Labute approximate surface area is 805 Å². The van der Waals surface area contributed by atoms with Crippen LogP contribution in [0.2, 0.25) is 0 Å². The number of anilines is 1. The van der Waals surface area contributed by atoms with Crippen LogP contribution in [0.1, 0.15) is 176 Å². The second-order valence-electron chi connectivity index (χ2n) is 36.4. The molecule has 1 heterocycles. The molecule has 11 rings (SSSR count). The minimum atomic E-state index is -3.15. The number of sulfone groups is 7. The molecule has 0 N–H and O–H groups in total. The van der Waals surface area contributed by atoms with Gasteiger partial charge in [-0.05, 0) is 186 Å². The molecule has 0 radical (unpaired) electrons. The average molecular weight is 1980 g/mol. The zero-order valence-corrected chi connectivity index (χ0v) is 88.0. The fraction of sp³-hybridized carbons (Fsp3) is 0.377. The van der Waals surface area contributed by atoms with Gasteiger partial charge in [0.1, 0.15) is 23.9 Å². The van der Waals surface area contributed by atoms with Gasteiger partial charge in [0.2, 0.25) is 0 Å². The molecule has 0 saturated heterocycles. The Hall–Kier alpha value is -10.3. The summed E-state index contributed by atoms with van der Waals surface area (Å²) < 4.78 is 164. The normalized spacial score (nSPS) is 11.7. The van der Waals surface area contributed by atoms with Crippen LogP contribution in [0.25, 0.3) is 0 Å². The van der Waals surface area contributed by atoms with E-state index in [4.69, 9.17) is 4.74 Å².